The lowest BCUT2D eigenvalue weighted by molar-refractivity contribution is 0.393. The predicted molar refractivity (Wildman–Crippen MR) is 74.0 cm³/mol. The van der Waals surface area contributed by atoms with E-state index >= 15 is 0 Å². The maximum absolute atomic E-state index is 6.05. The van der Waals surface area contributed by atoms with E-state index in [-0.39, 0.29) is 6.04 Å². The molecule has 18 heavy (non-hydrogen) atoms. The van der Waals surface area contributed by atoms with Crippen molar-refractivity contribution in [1.82, 2.24) is 9.97 Å². The third kappa shape index (κ3) is 3.57. The molecule has 1 heterocycles. The molecule has 0 radical (unpaired) electrons. The highest BCUT2D eigenvalue weighted by Crippen LogP contribution is 2.22. The maximum Gasteiger partial charge on any atom is 0.221 e. The number of nitrogens with zero attached hydrogens (tertiary/aromatic N) is 3. The summed E-state index contributed by atoms with van der Waals surface area (Å²) >= 11 is 0. The Morgan fingerprint density at radius 3 is 2.61 bits per heavy atom. The third-order valence-electron chi connectivity index (χ3n) is 3.22. The Labute approximate surface area is 109 Å². The minimum atomic E-state index is 0.219. The van der Waals surface area contributed by atoms with Gasteiger partial charge in [0.15, 0.2) is 0 Å². The van der Waals surface area contributed by atoms with Crippen LogP contribution in [0.1, 0.15) is 25.8 Å². The summed E-state index contributed by atoms with van der Waals surface area (Å²) in [6.45, 7) is 7.13. The van der Waals surface area contributed by atoms with Crippen LogP contribution in [0.25, 0.3) is 0 Å². The average molecular weight is 252 g/mol. The molecule has 5 heteroatoms. The molecule has 0 amide bonds. The summed E-state index contributed by atoms with van der Waals surface area (Å²) in [7, 11) is 3.63. The summed E-state index contributed by atoms with van der Waals surface area (Å²) in [5.74, 6) is 2.03. The van der Waals surface area contributed by atoms with Gasteiger partial charge in [0.1, 0.15) is 12.1 Å². The van der Waals surface area contributed by atoms with E-state index in [1.54, 1.807) is 7.11 Å². The van der Waals surface area contributed by atoms with Gasteiger partial charge in [0.2, 0.25) is 5.88 Å². The van der Waals surface area contributed by atoms with E-state index in [2.05, 4.69) is 28.7 Å². The quantitative estimate of drug-likeness (QED) is 0.833. The molecule has 0 aliphatic carbocycles. The Bertz CT molecular complexity index is 381. The SMILES string of the molecule is COc1ncnc(N(C)CCC(N)C(C)C)c1C. The van der Waals surface area contributed by atoms with E-state index in [0.29, 0.717) is 11.8 Å². The maximum atomic E-state index is 6.05. The van der Waals surface area contributed by atoms with E-state index in [1.165, 1.54) is 6.33 Å². The largest absolute Gasteiger partial charge is 0.481 e. The molecule has 0 fully saturated rings. The van der Waals surface area contributed by atoms with Crippen molar-refractivity contribution < 1.29 is 4.74 Å². The highest BCUT2D eigenvalue weighted by molar-refractivity contribution is 5.49. The van der Waals surface area contributed by atoms with Crippen LogP contribution >= 0.6 is 0 Å². The topological polar surface area (TPSA) is 64.3 Å². The van der Waals surface area contributed by atoms with Gasteiger partial charge in [0, 0.05) is 19.6 Å². The molecule has 0 aliphatic rings. The number of hydrogen-bond acceptors (Lipinski definition) is 5. The van der Waals surface area contributed by atoms with Crippen molar-refractivity contribution in [1.29, 1.82) is 0 Å². The van der Waals surface area contributed by atoms with Gasteiger partial charge in [-0.15, -0.1) is 0 Å². The van der Waals surface area contributed by atoms with E-state index in [0.717, 1.165) is 24.3 Å². The zero-order valence-electron chi connectivity index (χ0n) is 12.0. The van der Waals surface area contributed by atoms with E-state index < -0.39 is 0 Å². The lowest BCUT2D eigenvalue weighted by atomic mass is 10.0. The lowest BCUT2D eigenvalue weighted by Crippen LogP contribution is -2.32. The molecule has 0 aliphatic heterocycles. The first kappa shape index (κ1) is 14.7. The fourth-order valence-corrected chi connectivity index (χ4v) is 1.80. The van der Waals surface area contributed by atoms with Crippen LogP contribution in [-0.4, -0.2) is 36.7 Å². The molecule has 102 valence electrons. The minimum Gasteiger partial charge on any atom is -0.481 e. The molecule has 1 aromatic heterocycles. The van der Waals surface area contributed by atoms with Gasteiger partial charge in [-0.3, -0.25) is 0 Å². The van der Waals surface area contributed by atoms with Gasteiger partial charge in [-0.05, 0) is 19.3 Å². The van der Waals surface area contributed by atoms with Crippen molar-refractivity contribution in [2.45, 2.75) is 33.2 Å². The van der Waals surface area contributed by atoms with Gasteiger partial charge in [0.25, 0.3) is 0 Å². The molecule has 2 N–H and O–H groups in total. The first-order chi connectivity index (χ1) is 8.47. The smallest absolute Gasteiger partial charge is 0.221 e. The zero-order valence-corrected chi connectivity index (χ0v) is 12.0. The molecule has 0 saturated heterocycles. The second kappa shape index (κ2) is 6.54. The Morgan fingerprint density at radius 2 is 2.06 bits per heavy atom. The van der Waals surface area contributed by atoms with Crippen LogP contribution < -0.4 is 15.4 Å². The fraction of sp³-hybridized carbons (Fsp3) is 0.692. The minimum absolute atomic E-state index is 0.219. The van der Waals surface area contributed by atoms with Gasteiger partial charge in [-0.1, -0.05) is 13.8 Å². The molecule has 1 rings (SSSR count). The predicted octanol–water partition coefficient (Wildman–Crippen LogP) is 1.60. The summed E-state index contributed by atoms with van der Waals surface area (Å²) in [5, 5.41) is 0. The third-order valence-corrected chi connectivity index (χ3v) is 3.22. The molecule has 0 bridgehead atoms. The van der Waals surface area contributed by atoms with Gasteiger partial charge in [-0.2, -0.15) is 0 Å². The molecule has 0 aromatic carbocycles. The molecule has 5 nitrogen and oxygen atoms in total. The number of nitrogens with two attached hydrogens (primary N) is 1. The Morgan fingerprint density at radius 1 is 1.39 bits per heavy atom. The molecule has 0 spiro atoms. The number of hydrogen-bond donors (Lipinski definition) is 1. The summed E-state index contributed by atoms with van der Waals surface area (Å²) in [6, 6.07) is 0.219. The van der Waals surface area contributed by atoms with Crippen LogP contribution in [-0.2, 0) is 0 Å². The second-order valence-corrected chi connectivity index (χ2v) is 4.95. The van der Waals surface area contributed by atoms with E-state index in [9.17, 15) is 0 Å². The van der Waals surface area contributed by atoms with Crippen molar-refractivity contribution in [3.05, 3.63) is 11.9 Å². The van der Waals surface area contributed by atoms with Crippen molar-refractivity contribution in [3.8, 4) is 5.88 Å². The summed E-state index contributed by atoms with van der Waals surface area (Å²) in [4.78, 5) is 10.5. The number of ether oxygens (including phenoxy) is 1. The zero-order chi connectivity index (χ0) is 13.7. The van der Waals surface area contributed by atoms with Crippen LogP contribution in [0.3, 0.4) is 0 Å². The average Bonchev–Trinajstić information content (AvgIpc) is 2.35. The molecule has 1 aromatic rings. The Hall–Kier alpha value is -1.36. The first-order valence-corrected chi connectivity index (χ1v) is 6.29. The first-order valence-electron chi connectivity index (χ1n) is 6.29. The van der Waals surface area contributed by atoms with Gasteiger partial charge in [-0.25, -0.2) is 9.97 Å². The molecular formula is C13H24N4O. The summed E-state index contributed by atoms with van der Waals surface area (Å²) in [5.41, 5.74) is 7.01. The second-order valence-electron chi connectivity index (χ2n) is 4.95. The summed E-state index contributed by atoms with van der Waals surface area (Å²) in [6.07, 6.45) is 2.47. The number of methoxy groups -OCH3 is 1. The lowest BCUT2D eigenvalue weighted by Gasteiger charge is -2.23. The van der Waals surface area contributed by atoms with E-state index in [4.69, 9.17) is 10.5 Å². The molecule has 0 saturated carbocycles. The highest BCUT2D eigenvalue weighted by atomic mass is 16.5. The monoisotopic (exact) mass is 252 g/mol. The van der Waals surface area contributed by atoms with Gasteiger partial charge < -0.3 is 15.4 Å². The number of aromatic nitrogens is 2. The Kier molecular flexibility index (Phi) is 5.34. The summed E-state index contributed by atoms with van der Waals surface area (Å²) < 4.78 is 5.20. The highest BCUT2D eigenvalue weighted by Gasteiger charge is 2.13. The van der Waals surface area contributed by atoms with Crippen molar-refractivity contribution in [2.75, 3.05) is 25.6 Å². The van der Waals surface area contributed by atoms with Crippen LogP contribution in [0.2, 0.25) is 0 Å². The van der Waals surface area contributed by atoms with E-state index in [1.807, 2.05) is 14.0 Å². The van der Waals surface area contributed by atoms with Crippen LogP contribution in [0.4, 0.5) is 5.82 Å². The molecule has 1 atom stereocenters. The van der Waals surface area contributed by atoms with Crippen molar-refractivity contribution in [3.63, 3.8) is 0 Å². The van der Waals surface area contributed by atoms with Crippen LogP contribution in [0, 0.1) is 12.8 Å². The normalized spacial score (nSPS) is 12.6. The fourth-order valence-electron chi connectivity index (χ4n) is 1.80. The van der Waals surface area contributed by atoms with Crippen LogP contribution in [0.5, 0.6) is 5.88 Å². The van der Waals surface area contributed by atoms with Gasteiger partial charge in [0.05, 0.1) is 12.7 Å². The Balaban J connectivity index is 2.70. The standard InChI is InChI=1S/C13H24N4O/c1-9(2)11(14)6-7-17(4)12-10(3)13(18-5)16-8-15-12/h8-9,11H,6-7,14H2,1-5H3. The van der Waals surface area contributed by atoms with Crippen molar-refractivity contribution >= 4 is 5.82 Å². The van der Waals surface area contributed by atoms with Crippen molar-refractivity contribution in [2.24, 2.45) is 11.7 Å². The van der Waals surface area contributed by atoms with Crippen LogP contribution in [0.15, 0.2) is 6.33 Å². The number of rotatable bonds is 6. The molecule has 1 unspecified atom stereocenters. The molecular weight excluding hydrogens is 228 g/mol. The number of anilines is 1. The van der Waals surface area contributed by atoms with Gasteiger partial charge >= 0.3 is 0 Å².